The number of aryl methyl sites for hydroxylation is 1. The highest BCUT2D eigenvalue weighted by molar-refractivity contribution is 5.91. The Hall–Kier alpha value is -2.30. The van der Waals surface area contributed by atoms with Crippen LogP contribution in [0.3, 0.4) is 0 Å². The molecule has 5 heteroatoms. The normalized spacial score (nSPS) is 10.2. The van der Waals surface area contributed by atoms with E-state index in [2.05, 4.69) is 4.98 Å². The number of aromatic nitrogens is 2. The molecule has 0 aliphatic carbocycles. The van der Waals surface area contributed by atoms with Gasteiger partial charge in [-0.3, -0.25) is 0 Å². The monoisotopic (exact) mass is 232 g/mol. The van der Waals surface area contributed by atoms with Crippen LogP contribution in [0, 0.1) is 0 Å². The van der Waals surface area contributed by atoms with Crippen LogP contribution >= 0.6 is 0 Å². The molecular weight excluding hydrogens is 220 g/mol. The maximum Gasteiger partial charge on any atom is 0.339 e. The van der Waals surface area contributed by atoms with Crippen molar-refractivity contribution in [1.82, 2.24) is 9.55 Å². The summed E-state index contributed by atoms with van der Waals surface area (Å²) in [4.78, 5) is 15.1. The molecule has 2 rings (SSSR count). The van der Waals surface area contributed by atoms with Crippen molar-refractivity contribution in [3.8, 4) is 17.1 Å². The molecule has 0 spiro atoms. The van der Waals surface area contributed by atoms with Gasteiger partial charge in [-0.05, 0) is 12.1 Å². The Bertz CT molecular complexity index is 561. The molecular formula is C12H12N2O3. The summed E-state index contributed by atoms with van der Waals surface area (Å²) in [5.41, 5.74) is 0.963. The minimum Gasteiger partial charge on any atom is -0.496 e. The molecule has 0 fully saturated rings. The van der Waals surface area contributed by atoms with Crippen LogP contribution in [0.5, 0.6) is 5.75 Å². The Labute approximate surface area is 98.3 Å². The van der Waals surface area contributed by atoms with E-state index in [4.69, 9.17) is 9.84 Å². The number of hydrogen-bond acceptors (Lipinski definition) is 3. The summed E-state index contributed by atoms with van der Waals surface area (Å²) < 4.78 is 6.92. The van der Waals surface area contributed by atoms with E-state index in [1.807, 2.05) is 17.8 Å². The van der Waals surface area contributed by atoms with Crippen molar-refractivity contribution in [3.63, 3.8) is 0 Å². The first kappa shape index (κ1) is 11.2. The summed E-state index contributed by atoms with van der Waals surface area (Å²) >= 11 is 0. The third-order valence-electron chi connectivity index (χ3n) is 2.51. The largest absolute Gasteiger partial charge is 0.496 e. The quantitative estimate of drug-likeness (QED) is 0.876. The number of ether oxygens (including phenoxy) is 1. The molecule has 0 aliphatic rings. The van der Waals surface area contributed by atoms with Crippen molar-refractivity contribution in [2.45, 2.75) is 0 Å². The van der Waals surface area contributed by atoms with Crippen LogP contribution in [0.1, 0.15) is 10.4 Å². The topological polar surface area (TPSA) is 64.4 Å². The van der Waals surface area contributed by atoms with Gasteiger partial charge in [0.2, 0.25) is 0 Å². The first-order chi connectivity index (χ1) is 8.13. The van der Waals surface area contributed by atoms with Crippen molar-refractivity contribution in [2.24, 2.45) is 7.05 Å². The molecule has 0 saturated carbocycles. The van der Waals surface area contributed by atoms with Crippen molar-refractivity contribution in [3.05, 3.63) is 36.2 Å². The highest BCUT2D eigenvalue weighted by Crippen LogP contribution is 2.26. The third kappa shape index (κ3) is 1.99. The van der Waals surface area contributed by atoms with Crippen molar-refractivity contribution in [1.29, 1.82) is 0 Å². The average molecular weight is 232 g/mol. The number of imidazole rings is 1. The van der Waals surface area contributed by atoms with Gasteiger partial charge in [-0.15, -0.1) is 0 Å². The molecule has 88 valence electrons. The number of hydrogen-bond donors (Lipinski definition) is 1. The van der Waals surface area contributed by atoms with Gasteiger partial charge in [0.1, 0.15) is 17.1 Å². The summed E-state index contributed by atoms with van der Waals surface area (Å²) in [6, 6.07) is 4.91. The predicted molar refractivity (Wildman–Crippen MR) is 62.2 cm³/mol. The minimum atomic E-state index is -1.01. The second-order valence-electron chi connectivity index (χ2n) is 3.58. The Morgan fingerprint density at radius 2 is 2.24 bits per heavy atom. The Balaban J connectivity index is 2.52. The maximum atomic E-state index is 10.9. The van der Waals surface area contributed by atoms with Crippen LogP contribution in [-0.4, -0.2) is 27.7 Å². The van der Waals surface area contributed by atoms with E-state index in [1.54, 1.807) is 18.3 Å². The van der Waals surface area contributed by atoms with E-state index in [9.17, 15) is 4.79 Å². The van der Waals surface area contributed by atoms with Crippen molar-refractivity contribution >= 4 is 5.97 Å². The van der Waals surface area contributed by atoms with Crippen LogP contribution in [0.4, 0.5) is 0 Å². The Morgan fingerprint density at radius 1 is 1.47 bits per heavy atom. The Kier molecular flexibility index (Phi) is 2.82. The zero-order valence-corrected chi connectivity index (χ0v) is 9.54. The molecule has 1 aromatic carbocycles. The third-order valence-corrected chi connectivity index (χ3v) is 2.51. The lowest BCUT2D eigenvalue weighted by molar-refractivity contribution is 0.0693. The molecule has 17 heavy (non-hydrogen) atoms. The summed E-state index contributed by atoms with van der Waals surface area (Å²) in [5, 5.41) is 8.97. The molecule has 1 N–H and O–H groups in total. The number of aromatic carboxylic acids is 1. The van der Waals surface area contributed by atoms with Gasteiger partial charge in [0.25, 0.3) is 0 Å². The van der Waals surface area contributed by atoms with Crippen LogP contribution in [0.2, 0.25) is 0 Å². The average Bonchev–Trinajstić information content (AvgIpc) is 2.74. The fourth-order valence-corrected chi connectivity index (χ4v) is 1.65. The van der Waals surface area contributed by atoms with Gasteiger partial charge in [-0.1, -0.05) is 6.07 Å². The molecule has 1 aromatic heterocycles. The van der Waals surface area contributed by atoms with Gasteiger partial charge in [-0.25, -0.2) is 9.78 Å². The van der Waals surface area contributed by atoms with E-state index in [-0.39, 0.29) is 5.56 Å². The first-order valence-electron chi connectivity index (χ1n) is 5.02. The number of carboxylic acids is 1. The highest BCUT2D eigenvalue weighted by atomic mass is 16.5. The maximum absolute atomic E-state index is 10.9. The number of methoxy groups -OCH3 is 1. The summed E-state index contributed by atoms with van der Waals surface area (Å²) in [5.74, 6) is 0.0893. The minimum absolute atomic E-state index is 0.144. The van der Waals surface area contributed by atoms with Crippen molar-refractivity contribution < 1.29 is 14.6 Å². The summed E-state index contributed by atoms with van der Waals surface area (Å²) in [7, 11) is 3.32. The van der Waals surface area contributed by atoms with Gasteiger partial charge in [0.15, 0.2) is 0 Å². The van der Waals surface area contributed by atoms with Gasteiger partial charge in [0.05, 0.1) is 7.11 Å². The van der Waals surface area contributed by atoms with Crippen LogP contribution in [-0.2, 0) is 7.05 Å². The van der Waals surface area contributed by atoms with E-state index in [0.717, 1.165) is 11.4 Å². The summed E-state index contributed by atoms with van der Waals surface area (Å²) in [6.07, 6.45) is 3.51. The number of benzene rings is 1. The zero-order valence-electron chi connectivity index (χ0n) is 9.54. The van der Waals surface area contributed by atoms with E-state index >= 15 is 0 Å². The van der Waals surface area contributed by atoms with Crippen LogP contribution < -0.4 is 4.74 Å². The zero-order chi connectivity index (χ0) is 12.4. The lowest BCUT2D eigenvalue weighted by Gasteiger charge is -2.07. The van der Waals surface area contributed by atoms with Gasteiger partial charge >= 0.3 is 5.97 Å². The lowest BCUT2D eigenvalue weighted by atomic mass is 10.1. The fraction of sp³-hybridized carbons (Fsp3) is 0.167. The van der Waals surface area contributed by atoms with Gasteiger partial charge < -0.3 is 14.4 Å². The second-order valence-corrected chi connectivity index (χ2v) is 3.58. The second kappa shape index (κ2) is 4.29. The molecule has 0 aliphatic heterocycles. The molecule has 0 atom stereocenters. The number of nitrogens with zero attached hydrogens (tertiary/aromatic N) is 2. The van der Waals surface area contributed by atoms with Crippen LogP contribution in [0.25, 0.3) is 11.4 Å². The van der Waals surface area contributed by atoms with Crippen molar-refractivity contribution in [2.75, 3.05) is 7.11 Å². The van der Waals surface area contributed by atoms with Gasteiger partial charge in [-0.2, -0.15) is 0 Å². The SMILES string of the molecule is COc1cc(-c2nccn2C)ccc1C(=O)O. The van der Waals surface area contributed by atoms with E-state index < -0.39 is 5.97 Å². The van der Waals surface area contributed by atoms with E-state index in [0.29, 0.717) is 5.75 Å². The Morgan fingerprint density at radius 3 is 2.76 bits per heavy atom. The molecule has 1 heterocycles. The molecule has 2 aromatic rings. The van der Waals surface area contributed by atoms with E-state index in [1.165, 1.54) is 13.2 Å². The number of carbonyl (C=O) groups is 1. The molecule has 0 bridgehead atoms. The lowest BCUT2D eigenvalue weighted by Crippen LogP contribution is -2.01. The summed E-state index contributed by atoms with van der Waals surface area (Å²) in [6.45, 7) is 0. The molecule has 5 nitrogen and oxygen atoms in total. The highest BCUT2D eigenvalue weighted by Gasteiger charge is 2.13. The molecule has 0 amide bonds. The fourth-order valence-electron chi connectivity index (χ4n) is 1.65. The smallest absolute Gasteiger partial charge is 0.339 e. The van der Waals surface area contributed by atoms with Crippen LogP contribution in [0.15, 0.2) is 30.6 Å². The first-order valence-corrected chi connectivity index (χ1v) is 5.02. The standard InChI is InChI=1S/C12H12N2O3/c1-14-6-5-13-11(14)8-3-4-9(12(15)16)10(7-8)17-2/h3-7H,1-2H3,(H,15,16). The molecule has 0 radical (unpaired) electrons. The number of carboxylic acid groups (broad SMARTS) is 1. The van der Waals surface area contributed by atoms with Gasteiger partial charge in [0, 0.05) is 25.0 Å². The predicted octanol–water partition coefficient (Wildman–Crippen LogP) is 1.79. The molecule has 0 saturated heterocycles. The number of rotatable bonds is 3. The molecule has 0 unspecified atom stereocenters.